The molecule has 0 saturated heterocycles. The highest BCUT2D eigenvalue weighted by atomic mass is 35.5. The number of rotatable bonds is 4. The Morgan fingerprint density at radius 2 is 1.76 bits per heavy atom. The molecule has 1 atom stereocenters. The second kappa shape index (κ2) is 6.41. The maximum atomic E-state index is 12.1. The quantitative estimate of drug-likeness (QED) is 0.912. The van der Waals surface area contributed by atoms with Crippen LogP contribution in [0.2, 0.25) is 5.02 Å². The summed E-state index contributed by atoms with van der Waals surface area (Å²) in [7, 11) is 0. The Morgan fingerprint density at radius 3 is 2.24 bits per heavy atom. The van der Waals surface area contributed by atoms with Crippen molar-refractivity contribution >= 4 is 34.8 Å². The van der Waals surface area contributed by atoms with Gasteiger partial charge in [0.2, 0.25) is 11.8 Å². The van der Waals surface area contributed by atoms with E-state index in [9.17, 15) is 9.59 Å². The third kappa shape index (κ3) is 4.06. The van der Waals surface area contributed by atoms with Gasteiger partial charge in [-0.15, -0.1) is 0 Å². The van der Waals surface area contributed by atoms with Crippen molar-refractivity contribution in [3.05, 3.63) is 41.7 Å². The molecule has 1 unspecified atom stereocenters. The maximum Gasteiger partial charge on any atom is 0.248 e. The monoisotopic (exact) mass is 306 g/mol. The van der Waals surface area contributed by atoms with Crippen LogP contribution in [0.4, 0.5) is 11.4 Å². The Labute approximate surface area is 127 Å². The number of carbonyl (C=O) groups is 2. The molecule has 21 heavy (non-hydrogen) atoms. The van der Waals surface area contributed by atoms with Crippen molar-refractivity contribution in [1.82, 2.24) is 9.78 Å². The van der Waals surface area contributed by atoms with Crippen LogP contribution in [0, 0.1) is 0 Å². The molecule has 0 fully saturated rings. The van der Waals surface area contributed by atoms with Gasteiger partial charge in [0.25, 0.3) is 0 Å². The average Bonchev–Trinajstić information content (AvgIpc) is 2.86. The van der Waals surface area contributed by atoms with Gasteiger partial charge in [-0.2, -0.15) is 5.10 Å². The number of carbonyl (C=O) groups excluding carboxylic acids is 2. The van der Waals surface area contributed by atoms with E-state index in [1.165, 1.54) is 17.8 Å². The number of benzene rings is 1. The fourth-order valence-electron chi connectivity index (χ4n) is 1.73. The van der Waals surface area contributed by atoms with Crippen molar-refractivity contribution in [2.24, 2.45) is 0 Å². The van der Waals surface area contributed by atoms with Crippen LogP contribution in [0.5, 0.6) is 0 Å². The molecule has 2 amide bonds. The van der Waals surface area contributed by atoms with Gasteiger partial charge in [0, 0.05) is 24.5 Å². The summed E-state index contributed by atoms with van der Waals surface area (Å²) in [5, 5.41) is 9.91. The zero-order chi connectivity index (χ0) is 15.4. The summed E-state index contributed by atoms with van der Waals surface area (Å²) in [6.07, 6.45) is 3.07. The molecule has 0 bridgehead atoms. The fourth-order valence-corrected chi connectivity index (χ4v) is 1.88. The van der Waals surface area contributed by atoms with Crippen LogP contribution < -0.4 is 10.6 Å². The molecule has 0 radical (unpaired) electrons. The van der Waals surface area contributed by atoms with Crippen molar-refractivity contribution in [2.45, 2.75) is 19.9 Å². The van der Waals surface area contributed by atoms with Crippen molar-refractivity contribution < 1.29 is 9.59 Å². The lowest BCUT2D eigenvalue weighted by Crippen LogP contribution is -2.23. The van der Waals surface area contributed by atoms with Crippen LogP contribution >= 0.6 is 11.6 Å². The minimum absolute atomic E-state index is 0.143. The molecular weight excluding hydrogens is 292 g/mol. The van der Waals surface area contributed by atoms with Crippen LogP contribution in [-0.2, 0) is 9.59 Å². The number of halogens is 1. The van der Waals surface area contributed by atoms with Gasteiger partial charge in [0.05, 0.1) is 11.2 Å². The minimum atomic E-state index is -0.479. The van der Waals surface area contributed by atoms with Gasteiger partial charge in [-0.1, -0.05) is 11.6 Å². The average molecular weight is 307 g/mol. The largest absolute Gasteiger partial charge is 0.326 e. The van der Waals surface area contributed by atoms with Crippen molar-refractivity contribution in [3.8, 4) is 0 Å². The predicted molar refractivity (Wildman–Crippen MR) is 81.3 cm³/mol. The number of anilines is 2. The smallest absolute Gasteiger partial charge is 0.248 e. The number of hydrogen-bond donors (Lipinski definition) is 2. The fraction of sp³-hybridized carbons (Fsp3) is 0.214. The van der Waals surface area contributed by atoms with E-state index in [4.69, 9.17) is 11.6 Å². The number of nitrogens with zero attached hydrogens (tertiary/aromatic N) is 2. The lowest BCUT2D eigenvalue weighted by Gasteiger charge is -2.13. The first-order valence-corrected chi connectivity index (χ1v) is 6.71. The summed E-state index contributed by atoms with van der Waals surface area (Å²) in [5.41, 5.74) is 1.31. The van der Waals surface area contributed by atoms with Crippen LogP contribution in [0.15, 0.2) is 36.7 Å². The summed E-state index contributed by atoms with van der Waals surface area (Å²) in [6, 6.07) is 6.38. The summed E-state index contributed by atoms with van der Waals surface area (Å²) < 4.78 is 1.49. The molecule has 6 nitrogen and oxygen atoms in total. The van der Waals surface area contributed by atoms with Crippen LogP contribution in [-0.4, -0.2) is 21.6 Å². The lowest BCUT2D eigenvalue weighted by atomic mass is 10.2. The van der Waals surface area contributed by atoms with E-state index < -0.39 is 6.04 Å². The highest BCUT2D eigenvalue weighted by molar-refractivity contribution is 6.30. The second-order valence-electron chi connectivity index (χ2n) is 4.56. The Bertz CT molecular complexity index is 651. The van der Waals surface area contributed by atoms with E-state index >= 15 is 0 Å². The first-order chi connectivity index (χ1) is 9.95. The molecule has 0 aliphatic heterocycles. The van der Waals surface area contributed by atoms with Gasteiger partial charge in [-0.3, -0.25) is 14.3 Å². The van der Waals surface area contributed by atoms with E-state index in [1.807, 2.05) is 0 Å². The Balaban J connectivity index is 2.00. The van der Waals surface area contributed by atoms with Crippen LogP contribution in [0.25, 0.3) is 0 Å². The van der Waals surface area contributed by atoms with Crippen molar-refractivity contribution in [1.29, 1.82) is 0 Å². The molecule has 1 heterocycles. The summed E-state index contributed by atoms with van der Waals surface area (Å²) >= 11 is 5.78. The summed E-state index contributed by atoms with van der Waals surface area (Å²) in [5.74, 6) is -0.349. The molecule has 0 spiro atoms. The second-order valence-corrected chi connectivity index (χ2v) is 5.00. The molecule has 0 aliphatic rings. The van der Waals surface area contributed by atoms with E-state index in [0.717, 1.165) is 0 Å². The molecular formula is C14H15ClN4O2. The Morgan fingerprint density at radius 1 is 1.19 bits per heavy atom. The van der Waals surface area contributed by atoms with Gasteiger partial charge >= 0.3 is 0 Å². The Kier molecular flexibility index (Phi) is 4.59. The van der Waals surface area contributed by atoms with Gasteiger partial charge in [-0.05, 0) is 31.2 Å². The minimum Gasteiger partial charge on any atom is -0.326 e. The summed E-state index contributed by atoms with van der Waals surface area (Å²) in [6.45, 7) is 3.16. The molecule has 2 aromatic rings. The normalized spacial score (nSPS) is 11.8. The number of aromatic nitrogens is 2. The van der Waals surface area contributed by atoms with E-state index in [0.29, 0.717) is 16.4 Å². The molecule has 7 heteroatoms. The van der Waals surface area contributed by atoms with Crippen molar-refractivity contribution in [2.75, 3.05) is 10.6 Å². The van der Waals surface area contributed by atoms with Gasteiger partial charge in [0.15, 0.2) is 0 Å². The first kappa shape index (κ1) is 15.1. The molecule has 0 aliphatic carbocycles. The predicted octanol–water partition coefficient (Wildman–Crippen LogP) is 2.69. The van der Waals surface area contributed by atoms with Gasteiger partial charge < -0.3 is 10.6 Å². The standard InChI is InChI=1S/C14H15ClN4O2/c1-9(19-8-11(15)7-16-19)14(21)18-13-5-3-12(4-6-13)17-10(2)20/h3-9H,1-2H3,(H,17,20)(H,18,21). The molecule has 2 N–H and O–H groups in total. The van der Waals surface area contributed by atoms with Crippen molar-refractivity contribution in [3.63, 3.8) is 0 Å². The van der Waals surface area contributed by atoms with E-state index in [1.54, 1.807) is 37.4 Å². The van der Waals surface area contributed by atoms with E-state index in [2.05, 4.69) is 15.7 Å². The zero-order valence-electron chi connectivity index (χ0n) is 11.6. The first-order valence-electron chi connectivity index (χ1n) is 6.34. The highest BCUT2D eigenvalue weighted by Crippen LogP contribution is 2.16. The highest BCUT2D eigenvalue weighted by Gasteiger charge is 2.15. The van der Waals surface area contributed by atoms with E-state index in [-0.39, 0.29) is 11.8 Å². The topological polar surface area (TPSA) is 76.0 Å². The maximum absolute atomic E-state index is 12.1. The zero-order valence-corrected chi connectivity index (χ0v) is 12.4. The third-order valence-electron chi connectivity index (χ3n) is 2.82. The molecule has 110 valence electrons. The van der Waals surface area contributed by atoms with Crippen LogP contribution in [0.1, 0.15) is 19.9 Å². The molecule has 1 aromatic carbocycles. The third-order valence-corrected chi connectivity index (χ3v) is 3.01. The number of nitrogens with one attached hydrogen (secondary N) is 2. The van der Waals surface area contributed by atoms with Gasteiger partial charge in [-0.25, -0.2) is 0 Å². The molecule has 2 rings (SSSR count). The number of amides is 2. The van der Waals surface area contributed by atoms with Crippen LogP contribution in [0.3, 0.4) is 0 Å². The Hall–Kier alpha value is -2.34. The molecule has 1 aromatic heterocycles. The molecule has 0 saturated carbocycles. The number of hydrogen-bond acceptors (Lipinski definition) is 3. The lowest BCUT2D eigenvalue weighted by molar-refractivity contribution is -0.119. The van der Waals surface area contributed by atoms with Gasteiger partial charge in [0.1, 0.15) is 6.04 Å². The SMILES string of the molecule is CC(=O)Nc1ccc(NC(=O)C(C)n2cc(Cl)cn2)cc1. The summed E-state index contributed by atoms with van der Waals surface area (Å²) in [4.78, 5) is 23.0.